The van der Waals surface area contributed by atoms with Crippen LogP contribution in [0, 0.1) is 0 Å². The first-order valence-electron chi connectivity index (χ1n) is 6.05. The number of sulfonamides is 1. The van der Waals surface area contributed by atoms with Crippen LogP contribution in [-0.4, -0.2) is 72.3 Å². The van der Waals surface area contributed by atoms with E-state index in [1.165, 1.54) is 4.31 Å². The zero-order valence-electron chi connectivity index (χ0n) is 10.6. The van der Waals surface area contributed by atoms with Crippen molar-refractivity contribution in [2.75, 3.05) is 39.3 Å². The average molecular weight is 295 g/mol. The molecule has 0 amide bonds. The van der Waals surface area contributed by atoms with Crippen LogP contribution in [0.5, 0.6) is 0 Å². The molecule has 0 bridgehead atoms. The van der Waals surface area contributed by atoms with Gasteiger partial charge in [-0.1, -0.05) is 19.1 Å². The van der Waals surface area contributed by atoms with Crippen molar-refractivity contribution in [2.24, 2.45) is 5.73 Å². The molecule has 0 aromatic carbocycles. The minimum Gasteiger partial charge on any atom is -0.395 e. The molecule has 1 aliphatic rings. The summed E-state index contributed by atoms with van der Waals surface area (Å²) in [5.41, 5.74) is 5.50. The van der Waals surface area contributed by atoms with Crippen molar-refractivity contribution < 1.29 is 13.5 Å². The molecule has 8 heteroatoms. The van der Waals surface area contributed by atoms with Crippen LogP contribution in [0.25, 0.3) is 0 Å². The van der Waals surface area contributed by atoms with Gasteiger partial charge in [-0.2, -0.15) is 4.31 Å². The molecule has 0 aromatic rings. The van der Waals surface area contributed by atoms with Crippen LogP contribution in [0.1, 0.15) is 13.3 Å². The molecule has 0 spiro atoms. The van der Waals surface area contributed by atoms with Crippen molar-refractivity contribution in [2.45, 2.75) is 18.6 Å². The Bertz CT molecular complexity index is 378. The fraction of sp³-hybridized carbons (Fsp3) is 0.900. The summed E-state index contributed by atoms with van der Waals surface area (Å²) in [5, 5.41) is 8.07. The number of aliphatic hydroxyl groups is 1. The first kappa shape index (κ1) is 15.8. The molecule has 0 aromatic heterocycles. The van der Waals surface area contributed by atoms with Gasteiger partial charge in [0.15, 0.2) is 0 Å². The number of hydrogen-bond donors (Lipinski definition) is 2. The van der Waals surface area contributed by atoms with Crippen molar-refractivity contribution in [1.29, 1.82) is 0 Å². The number of hydrogen-bond acceptors (Lipinski definition) is 5. The van der Waals surface area contributed by atoms with E-state index in [1.54, 1.807) is 6.92 Å². The van der Waals surface area contributed by atoms with E-state index < -0.39 is 15.3 Å². The fourth-order valence-electron chi connectivity index (χ4n) is 2.09. The standard InChI is InChI=1S/C10H21N3O3S2/c1-2-9(10(11)17)18(15,16)13-5-3-12(4-6-13)7-8-14/h9,14H,2-8H2,1H3,(H2,11,17). The van der Waals surface area contributed by atoms with Crippen LogP contribution in [0.4, 0.5) is 0 Å². The Labute approximate surface area is 114 Å². The number of β-amino-alcohol motifs (C(OH)–C–C–N with tert-alkyl or cyclic N) is 1. The molecule has 1 fully saturated rings. The van der Waals surface area contributed by atoms with Crippen LogP contribution in [0.2, 0.25) is 0 Å². The molecule has 0 saturated carbocycles. The molecule has 1 aliphatic heterocycles. The third kappa shape index (κ3) is 3.61. The van der Waals surface area contributed by atoms with E-state index in [0.29, 0.717) is 39.1 Å². The molecule has 0 radical (unpaired) electrons. The third-order valence-corrected chi connectivity index (χ3v) is 5.98. The highest BCUT2D eigenvalue weighted by Gasteiger charge is 2.34. The number of aliphatic hydroxyl groups excluding tert-OH is 1. The van der Waals surface area contributed by atoms with Crippen molar-refractivity contribution >= 4 is 27.2 Å². The van der Waals surface area contributed by atoms with Gasteiger partial charge in [0.2, 0.25) is 10.0 Å². The molecular weight excluding hydrogens is 274 g/mol. The molecule has 3 N–H and O–H groups in total. The third-order valence-electron chi connectivity index (χ3n) is 3.16. The Kier molecular flexibility index (Phi) is 5.93. The van der Waals surface area contributed by atoms with Gasteiger partial charge in [0.25, 0.3) is 0 Å². The van der Waals surface area contributed by atoms with Crippen molar-refractivity contribution in [3.63, 3.8) is 0 Å². The lowest BCUT2D eigenvalue weighted by atomic mass is 10.3. The highest BCUT2D eigenvalue weighted by molar-refractivity contribution is 7.92. The van der Waals surface area contributed by atoms with Crippen LogP contribution in [0.15, 0.2) is 0 Å². The Morgan fingerprint density at radius 2 is 1.94 bits per heavy atom. The zero-order valence-corrected chi connectivity index (χ0v) is 12.2. The summed E-state index contributed by atoms with van der Waals surface area (Å²) >= 11 is 4.83. The Balaban J connectivity index is 2.68. The van der Waals surface area contributed by atoms with E-state index in [2.05, 4.69) is 0 Å². The molecule has 1 saturated heterocycles. The van der Waals surface area contributed by atoms with E-state index in [1.807, 2.05) is 4.90 Å². The van der Waals surface area contributed by atoms with Crippen molar-refractivity contribution in [3.05, 3.63) is 0 Å². The first-order chi connectivity index (χ1) is 8.43. The second-order valence-corrected chi connectivity index (χ2v) is 6.90. The van der Waals surface area contributed by atoms with Gasteiger partial charge in [0.05, 0.1) is 11.6 Å². The van der Waals surface area contributed by atoms with Gasteiger partial charge in [-0.3, -0.25) is 4.90 Å². The minimum absolute atomic E-state index is 0.0373. The lowest BCUT2D eigenvalue weighted by molar-refractivity contribution is 0.151. The summed E-state index contributed by atoms with van der Waals surface area (Å²) in [4.78, 5) is 2.07. The second kappa shape index (κ2) is 6.76. The topological polar surface area (TPSA) is 86.9 Å². The van der Waals surface area contributed by atoms with Crippen LogP contribution >= 0.6 is 12.2 Å². The molecule has 106 valence electrons. The quantitative estimate of drug-likeness (QED) is 0.611. The number of nitrogens with two attached hydrogens (primary N) is 1. The number of nitrogens with zero attached hydrogens (tertiary/aromatic N) is 2. The molecule has 1 rings (SSSR count). The van der Waals surface area contributed by atoms with E-state index in [4.69, 9.17) is 23.1 Å². The molecule has 6 nitrogen and oxygen atoms in total. The summed E-state index contributed by atoms with van der Waals surface area (Å²) in [7, 11) is -3.43. The summed E-state index contributed by atoms with van der Waals surface area (Å²) in [5.74, 6) is 0. The predicted molar refractivity (Wildman–Crippen MR) is 74.9 cm³/mol. The van der Waals surface area contributed by atoms with Crippen LogP contribution in [0.3, 0.4) is 0 Å². The predicted octanol–water partition coefficient (Wildman–Crippen LogP) is -1.01. The summed E-state index contributed by atoms with van der Waals surface area (Å²) in [6, 6.07) is 0. The molecular formula is C10H21N3O3S2. The van der Waals surface area contributed by atoms with Gasteiger partial charge in [-0.25, -0.2) is 8.42 Å². The monoisotopic (exact) mass is 295 g/mol. The maximum atomic E-state index is 12.3. The second-order valence-electron chi connectivity index (χ2n) is 4.31. The maximum absolute atomic E-state index is 12.3. The highest BCUT2D eigenvalue weighted by Crippen LogP contribution is 2.15. The first-order valence-corrected chi connectivity index (χ1v) is 7.96. The molecule has 0 aliphatic carbocycles. The van der Waals surface area contributed by atoms with Gasteiger partial charge >= 0.3 is 0 Å². The number of thiocarbonyl (C=S) groups is 1. The Morgan fingerprint density at radius 3 is 2.33 bits per heavy atom. The van der Waals surface area contributed by atoms with E-state index in [0.717, 1.165) is 0 Å². The fourth-order valence-corrected chi connectivity index (χ4v) is 4.37. The molecule has 1 atom stereocenters. The molecule has 1 unspecified atom stereocenters. The van der Waals surface area contributed by atoms with Crippen LogP contribution in [-0.2, 0) is 10.0 Å². The van der Waals surface area contributed by atoms with Gasteiger partial charge < -0.3 is 10.8 Å². The van der Waals surface area contributed by atoms with Crippen molar-refractivity contribution in [1.82, 2.24) is 9.21 Å². The minimum atomic E-state index is -3.43. The van der Waals surface area contributed by atoms with Crippen molar-refractivity contribution in [3.8, 4) is 0 Å². The molecule has 18 heavy (non-hydrogen) atoms. The number of piperazine rings is 1. The Morgan fingerprint density at radius 1 is 1.39 bits per heavy atom. The maximum Gasteiger partial charge on any atom is 0.223 e. The summed E-state index contributed by atoms with van der Waals surface area (Å²) in [6.45, 7) is 4.57. The van der Waals surface area contributed by atoms with Gasteiger partial charge in [-0.05, 0) is 6.42 Å². The lowest BCUT2D eigenvalue weighted by Gasteiger charge is -2.35. The Hall–Kier alpha value is -0.280. The van der Waals surface area contributed by atoms with E-state index in [9.17, 15) is 8.42 Å². The van der Waals surface area contributed by atoms with Gasteiger partial charge in [0, 0.05) is 32.7 Å². The average Bonchev–Trinajstić information content (AvgIpc) is 2.30. The number of rotatable bonds is 6. The SMILES string of the molecule is CCC(C(N)=S)S(=O)(=O)N1CCN(CCO)CC1. The van der Waals surface area contributed by atoms with Gasteiger partial charge in [0.1, 0.15) is 5.25 Å². The summed E-state index contributed by atoms with van der Waals surface area (Å²) < 4.78 is 26.1. The zero-order chi connectivity index (χ0) is 13.8. The lowest BCUT2D eigenvalue weighted by Crippen LogP contribution is -2.53. The smallest absolute Gasteiger partial charge is 0.223 e. The summed E-state index contributed by atoms with van der Waals surface area (Å²) in [6.07, 6.45) is 0.397. The normalized spacial score (nSPS) is 20.8. The van der Waals surface area contributed by atoms with Crippen LogP contribution < -0.4 is 5.73 Å². The van der Waals surface area contributed by atoms with E-state index >= 15 is 0 Å². The highest BCUT2D eigenvalue weighted by atomic mass is 32.2. The van der Waals surface area contributed by atoms with E-state index in [-0.39, 0.29) is 11.6 Å². The van der Waals surface area contributed by atoms with Gasteiger partial charge in [-0.15, -0.1) is 0 Å². The largest absolute Gasteiger partial charge is 0.395 e. The molecule has 1 heterocycles.